The first kappa shape index (κ1) is 20.4. The van der Waals surface area contributed by atoms with Crippen LogP contribution in [0.2, 0.25) is 0 Å². The standard InChI is InChI=1S/C25H30N2O3/c1-19-6-8-20(9-7-19)22-12-15-27(25(22)28)21-10-11-23(29-2)24(18-21)30-17-16-26-13-4-3-5-14-26/h6-12,15,18,28H,3-5,13-14,16-17H2,1-2H3. The highest BCUT2D eigenvalue weighted by Gasteiger charge is 2.15. The van der Waals surface area contributed by atoms with Gasteiger partial charge in [0.05, 0.1) is 12.8 Å². The summed E-state index contributed by atoms with van der Waals surface area (Å²) in [6.07, 6.45) is 5.76. The van der Waals surface area contributed by atoms with E-state index in [1.165, 1.54) is 24.8 Å². The highest BCUT2D eigenvalue weighted by Crippen LogP contribution is 2.35. The summed E-state index contributed by atoms with van der Waals surface area (Å²) in [5, 5.41) is 10.9. The van der Waals surface area contributed by atoms with Crippen LogP contribution in [0.1, 0.15) is 24.8 Å². The summed E-state index contributed by atoms with van der Waals surface area (Å²) in [4.78, 5) is 2.45. The lowest BCUT2D eigenvalue weighted by Gasteiger charge is -2.26. The van der Waals surface area contributed by atoms with Crippen molar-refractivity contribution >= 4 is 0 Å². The summed E-state index contributed by atoms with van der Waals surface area (Å²) in [5.74, 6) is 1.60. The number of aromatic hydroxyl groups is 1. The van der Waals surface area contributed by atoms with E-state index >= 15 is 0 Å². The minimum Gasteiger partial charge on any atom is -0.494 e. The molecule has 0 spiro atoms. The fraction of sp³-hybridized carbons (Fsp3) is 0.360. The molecular formula is C25H30N2O3. The van der Waals surface area contributed by atoms with Gasteiger partial charge in [0, 0.05) is 24.4 Å². The van der Waals surface area contributed by atoms with Gasteiger partial charge in [0.2, 0.25) is 5.88 Å². The number of aromatic nitrogens is 1. The maximum atomic E-state index is 10.9. The number of benzene rings is 2. The minimum atomic E-state index is 0.211. The molecule has 3 aromatic rings. The molecule has 4 rings (SSSR count). The molecule has 5 heteroatoms. The van der Waals surface area contributed by atoms with Gasteiger partial charge in [-0.15, -0.1) is 0 Å². The summed E-state index contributed by atoms with van der Waals surface area (Å²) < 4.78 is 13.3. The van der Waals surface area contributed by atoms with Crippen molar-refractivity contribution in [3.63, 3.8) is 0 Å². The molecule has 0 saturated carbocycles. The molecule has 1 aliphatic heterocycles. The van der Waals surface area contributed by atoms with E-state index < -0.39 is 0 Å². The van der Waals surface area contributed by atoms with E-state index in [0.29, 0.717) is 18.1 Å². The molecule has 0 amide bonds. The van der Waals surface area contributed by atoms with E-state index in [1.807, 2.05) is 54.7 Å². The maximum absolute atomic E-state index is 10.9. The van der Waals surface area contributed by atoms with Crippen LogP contribution in [0.15, 0.2) is 54.7 Å². The molecule has 0 atom stereocenters. The Balaban J connectivity index is 1.53. The summed E-state index contributed by atoms with van der Waals surface area (Å²) in [6, 6.07) is 15.8. The van der Waals surface area contributed by atoms with E-state index in [9.17, 15) is 5.11 Å². The average Bonchev–Trinajstić information content (AvgIpc) is 3.16. The second-order valence-corrected chi connectivity index (χ2v) is 7.87. The lowest BCUT2D eigenvalue weighted by atomic mass is 10.1. The quantitative estimate of drug-likeness (QED) is 0.598. The third kappa shape index (κ3) is 4.46. The van der Waals surface area contributed by atoms with Crippen molar-refractivity contribution in [1.29, 1.82) is 0 Å². The van der Waals surface area contributed by atoms with Crippen LogP contribution in [0, 0.1) is 6.92 Å². The van der Waals surface area contributed by atoms with Crippen LogP contribution in [0.25, 0.3) is 16.8 Å². The maximum Gasteiger partial charge on any atom is 0.203 e. The Morgan fingerprint density at radius 3 is 2.43 bits per heavy atom. The zero-order chi connectivity index (χ0) is 20.9. The molecule has 2 aromatic carbocycles. The van der Waals surface area contributed by atoms with Crippen molar-refractivity contribution in [2.24, 2.45) is 0 Å². The first-order valence-corrected chi connectivity index (χ1v) is 10.7. The number of rotatable bonds is 7. The Bertz CT molecular complexity index is 973. The molecule has 1 N–H and O–H groups in total. The number of hydrogen-bond acceptors (Lipinski definition) is 4. The van der Waals surface area contributed by atoms with Gasteiger partial charge in [-0.2, -0.15) is 0 Å². The Kier molecular flexibility index (Phi) is 6.29. The number of likely N-dealkylation sites (tertiary alicyclic amines) is 1. The second kappa shape index (κ2) is 9.26. The van der Waals surface area contributed by atoms with E-state index in [0.717, 1.165) is 36.4 Å². The van der Waals surface area contributed by atoms with Crippen LogP contribution < -0.4 is 9.47 Å². The van der Waals surface area contributed by atoms with Gasteiger partial charge < -0.3 is 14.6 Å². The fourth-order valence-corrected chi connectivity index (χ4v) is 3.99. The van der Waals surface area contributed by atoms with Crippen molar-refractivity contribution < 1.29 is 14.6 Å². The molecule has 0 bridgehead atoms. The zero-order valence-corrected chi connectivity index (χ0v) is 17.8. The Morgan fingerprint density at radius 1 is 0.933 bits per heavy atom. The predicted octanol–water partition coefficient (Wildman–Crippen LogP) is 5.03. The largest absolute Gasteiger partial charge is 0.494 e. The molecule has 1 fully saturated rings. The van der Waals surface area contributed by atoms with Crippen molar-refractivity contribution in [3.05, 3.63) is 60.3 Å². The molecule has 0 aliphatic carbocycles. The van der Waals surface area contributed by atoms with Crippen LogP contribution in [-0.2, 0) is 0 Å². The van der Waals surface area contributed by atoms with Crippen molar-refractivity contribution in [2.45, 2.75) is 26.2 Å². The number of nitrogens with zero attached hydrogens (tertiary/aromatic N) is 2. The van der Waals surface area contributed by atoms with Gasteiger partial charge in [-0.05, 0) is 56.6 Å². The summed E-state index contributed by atoms with van der Waals surface area (Å²) in [5.41, 5.74) is 3.82. The molecule has 0 unspecified atom stereocenters. The van der Waals surface area contributed by atoms with Gasteiger partial charge >= 0.3 is 0 Å². The number of hydrogen-bond donors (Lipinski definition) is 1. The van der Waals surface area contributed by atoms with Crippen LogP contribution in [-0.4, -0.2) is 47.9 Å². The van der Waals surface area contributed by atoms with Crippen molar-refractivity contribution in [1.82, 2.24) is 9.47 Å². The van der Waals surface area contributed by atoms with Crippen LogP contribution in [0.3, 0.4) is 0 Å². The van der Waals surface area contributed by atoms with Crippen molar-refractivity contribution in [3.8, 4) is 34.2 Å². The van der Waals surface area contributed by atoms with Gasteiger partial charge in [-0.3, -0.25) is 9.47 Å². The Labute approximate surface area is 178 Å². The third-order valence-electron chi connectivity index (χ3n) is 5.76. The highest BCUT2D eigenvalue weighted by molar-refractivity contribution is 5.70. The SMILES string of the molecule is COc1ccc(-n2ccc(-c3ccc(C)cc3)c2O)cc1OCCN1CCCCC1. The lowest BCUT2D eigenvalue weighted by molar-refractivity contribution is 0.180. The van der Waals surface area contributed by atoms with Crippen LogP contribution in [0.5, 0.6) is 17.4 Å². The van der Waals surface area contributed by atoms with Gasteiger partial charge in [0.1, 0.15) is 6.61 Å². The molecule has 30 heavy (non-hydrogen) atoms. The van der Waals surface area contributed by atoms with E-state index in [4.69, 9.17) is 9.47 Å². The van der Waals surface area contributed by atoms with E-state index in [-0.39, 0.29) is 5.88 Å². The molecule has 2 heterocycles. The summed E-state index contributed by atoms with van der Waals surface area (Å²) in [6.45, 7) is 5.89. The Hall–Kier alpha value is -2.92. The number of aryl methyl sites for hydroxylation is 1. The monoisotopic (exact) mass is 406 g/mol. The van der Waals surface area contributed by atoms with E-state index in [1.54, 1.807) is 11.7 Å². The second-order valence-electron chi connectivity index (χ2n) is 7.87. The topological polar surface area (TPSA) is 46.9 Å². The normalized spacial score (nSPS) is 14.6. The van der Waals surface area contributed by atoms with E-state index in [2.05, 4.69) is 11.8 Å². The molecule has 1 aliphatic rings. The van der Waals surface area contributed by atoms with Gasteiger partial charge in [0.15, 0.2) is 11.5 Å². The van der Waals surface area contributed by atoms with Gasteiger partial charge in [-0.25, -0.2) is 0 Å². The third-order valence-corrected chi connectivity index (χ3v) is 5.76. The summed E-state index contributed by atoms with van der Waals surface area (Å²) in [7, 11) is 1.65. The van der Waals surface area contributed by atoms with Crippen LogP contribution >= 0.6 is 0 Å². The molecular weight excluding hydrogens is 376 g/mol. The molecule has 5 nitrogen and oxygen atoms in total. The molecule has 1 aromatic heterocycles. The fourth-order valence-electron chi connectivity index (χ4n) is 3.99. The lowest BCUT2D eigenvalue weighted by Crippen LogP contribution is -2.33. The minimum absolute atomic E-state index is 0.211. The van der Waals surface area contributed by atoms with Gasteiger partial charge in [-0.1, -0.05) is 36.2 Å². The molecule has 0 radical (unpaired) electrons. The van der Waals surface area contributed by atoms with Crippen LogP contribution in [0.4, 0.5) is 0 Å². The zero-order valence-electron chi connectivity index (χ0n) is 17.8. The number of ether oxygens (including phenoxy) is 2. The first-order valence-electron chi connectivity index (χ1n) is 10.7. The Morgan fingerprint density at radius 2 is 1.70 bits per heavy atom. The highest BCUT2D eigenvalue weighted by atomic mass is 16.5. The van der Waals surface area contributed by atoms with Crippen molar-refractivity contribution in [2.75, 3.05) is 33.4 Å². The summed E-state index contributed by atoms with van der Waals surface area (Å²) >= 11 is 0. The molecule has 158 valence electrons. The van der Waals surface area contributed by atoms with Gasteiger partial charge in [0.25, 0.3) is 0 Å². The number of piperidine rings is 1. The number of methoxy groups -OCH3 is 1. The first-order chi connectivity index (χ1) is 14.7. The average molecular weight is 407 g/mol. The smallest absolute Gasteiger partial charge is 0.203 e. The molecule has 1 saturated heterocycles. The predicted molar refractivity (Wildman–Crippen MR) is 120 cm³/mol.